The van der Waals surface area contributed by atoms with E-state index in [4.69, 9.17) is 5.73 Å². The summed E-state index contributed by atoms with van der Waals surface area (Å²) in [6.07, 6.45) is 3.76. The number of fused-ring (bicyclic) bond motifs is 2. The van der Waals surface area contributed by atoms with Gasteiger partial charge in [0.2, 0.25) is 0 Å². The van der Waals surface area contributed by atoms with Crippen LogP contribution in [0.2, 0.25) is 0 Å². The van der Waals surface area contributed by atoms with Crippen LogP contribution in [0.25, 0.3) is 11.9 Å². The van der Waals surface area contributed by atoms with Gasteiger partial charge < -0.3 is 11.1 Å². The molecule has 3 nitrogen and oxygen atoms in total. The standard InChI is InChI=1S/C15H17N3S.ClH/c1-15(2,3)11-7-10-12(16)13-9(5-4-6-17-13)8-18-14(10)19-11;/h4-8,18H,16H2,1-3H3;1H. The Bertz CT molecular complexity index is 756. The molecule has 1 aliphatic heterocycles. The van der Waals surface area contributed by atoms with Crippen LogP contribution >= 0.6 is 23.7 Å². The second-order valence-corrected chi connectivity index (χ2v) is 6.80. The van der Waals surface area contributed by atoms with Gasteiger partial charge in [-0.3, -0.25) is 4.98 Å². The van der Waals surface area contributed by atoms with Crippen LogP contribution in [0.4, 0.5) is 5.00 Å². The van der Waals surface area contributed by atoms with E-state index in [0.717, 1.165) is 26.8 Å². The Kier molecular flexibility index (Phi) is 3.80. The SMILES string of the molecule is CC(C)(C)c1cc2c(s1)NC=c1cccnc1=C2N.Cl. The minimum Gasteiger partial charge on any atom is -0.396 e. The second kappa shape index (κ2) is 5.11. The number of nitrogens with two attached hydrogens (primary N) is 1. The third-order valence-corrected chi connectivity index (χ3v) is 4.71. The number of aromatic nitrogens is 1. The molecule has 3 heterocycles. The van der Waals surface area contributed by atoms with Gasteiger partial charge in [-0.15, -0.1) is 23.7 Å². The Morgan fingerprint density at radius 3 is 2.75 bits per heavy atom. The minimum absolute atomic E-state index is 0. The smallest absolute Gasteiger partial charge is 0.102 e. The molecule has 0 unspecified atom stereocenters. The fraction of sp³-hybridized carbons (Fsp3) is 0.267. The molecule has 0 spiro atoms. The molecule has 0 bridgehead atoms. The van der Waals surface area contributed by atoms with E-state index < -0.39 is 0 Å². The molecule has 2 aromatic heterocycles. The van der Waals surface area contributed by atoms with Crippen molar-refractivity contribution in [1.82, 2.24) is 4.98 Å². The van der Waals surface area contributed by atoms with E-state index in [1.54, 1.807) is 17.5 Å². The van der Waals surface area contributed by atoms with Gasteiger partial charge in [0.1, 0.15) is 5.00 Å². The summed E-state index contributed by atoms with van der Waals surface area (Å²) in [5.41, 5.74) is 8.25. The Morgan fingerprint density at radius 2 is 2.05 bits per heavy atom. The highest BCUT2D eigenvalue weighted by Gasteiger charge is 2.21. The van der Waals surface area contributed by atoms with Gasteiger partial charge in [-0.25, -0.2) is 0 Å². The zero-order chi connectivity index (χ0) is 13.6. The van der Waals surface area contributed by atoms with E-state index in [-0.39, 0.29) is 17.8 Å². The molecule has 1 aliphatic rings. The van der Waals surface area contributed by atoms with Crippen LogP contribution in [0.1, 0.15) is 31.2 Å². The lowest BCUT2D eigenvalue weighted by atomic mass is 9.94. The summed E-state index contributed by atoms with van der Waals surface area (Å²) < 4.78 is 0. The van der Waals surface area contributed by atoms with Crippen LogP contribution < -0.4 is 21.6 Å². The van der Waals surface area contributed by atoms with Crippen molar-refractivity contribution in [2.75, 3.05) is 5.32 Å². The average Bonchev–Trinajstić information content (AvgIpc) is 2.75. The van der Waals surface area contributed by atoms with Gasteiger partial charge in [-0.2, -0.15) is 0 Å². The van der Waals surface area contributed by atoms with Gasteiger partial charge in [0, 0.05) is 28.1 Å². The Morgan fingerprint density at radius 1 is 1.30 bits per heavy atom. The van der Waals surface area contributed by atoms with Gasteiger partial charge in [-0.05, 0) is 23.6 Å². The third-order valence-electron chi connectivity index (χ3n) is 3.21. The number of thiophene rings is 1. The van der Waals surface area contributed by atoms with Crippen LogP contribution in [0.5, 0.6) is 0 Å². The molecule has 5 heteroatoms. The quantitative estimate of drug-likeness (QED) is 0.784. The molecule has 0 aliphatic carbocycles. The highest BCUT2D eigenvalue weighted by atomic mass is 35.5. The highest BCUT2D eigenvalue weighted by Crippen LogP contribution is 2.37. The van der Waals surface area contributed by atoms with Gasteiger partial charge in [0.05, 0.1) is 11.0 Å². The highest BCUT2D eigenvalue weighted by molar-refractivity contribution is 7.16. The van der Waals surface area contributed by atoms with Crippen LogP contribution in [0.15, 0.2) is 24.4 Å². The molecular weight excluding hydrogens is 290 g/mol. The van der Waals surface area contributed by atoms with E-state index >= 15 is 0 Å². The second-order valence-electron chi connectivity index (χ2n) is 5.75. The fourth-order valence-electron chi connectivity index (χ4n) is 2.10. The summed E-state index contributed by atoms with van der Waals surface area (Å²) in [4.78, 5) is 5.72. The maximum absolute atomic E-state index is 6.32. The van der Waals surface area contributed by atoms with E-state index in [1.165, 1.54) is 4.88 Å². The Balaban J connectivity index is 0.00000147. The number of halogens is 1. The van der Waals surface area contributed by atoms with Gasteiger partial charge >= 0.3 is 0 Å². The van der Waals surface area contributed by atoms with E-state index in [9.17, 15) is 0 Å². The van der Waals surface area contributed by atoms with Crippen molar-refractivity contribution in [3.8, 4) is 0 Å². The molecule has 20 heavy (non-hydrogen) atoms. The summed E-state index contributed by atoms with van der Waals surface area (Å²) in [5, 5.41) is 6.34. The molecule has 0 atom stereocenters. The topological polar surface area (TPSA) is 50.9 Å². The molecule has 0 fully saturated rings. The zero-order valence-electron chi connectivity index (χ0n) is 11.7. The van der Waals surface area contributed by atoms with E-state index in [2.05, 4.69) is 37.1 Å². The van der Waals surface area contributed by atoms with Crippen molar-refractivity contribution in [2.24, 2.45) is 5.73 Å². The molecule has 3 rings (SSSR count). The molecule has 106 valence electrons. The van der Waals surface area contributed by atoms with Crippen molar-refractivity contribution in [3.05, 3.63) is 45.4 Å². The third kappa shape index (κ3) is 2.41. The first-order valence-corrected chi connectivity index (χ1v) is 7.11. The number of anilines is 1. The van der Waals surface area contributed by atoms with Gasteiger partial charge in [0.25, 0.3) is 0 Å². The van der Waals surface area contributed by atoms with Crippen molar-refractivity contribution < 1.29 is 0 Å². The van der Waals surface area contributed by atoms with Crippen LogP contribution in [-0.2, 0) is 5.41 Å². The zero-order valence-corrected chi connectivity index (χ0v) is 13.4. The lowest BCUT2D eigenvalue weighted by Gasteiger charge is -2.15. The number of hydrogen-bond donors (Lipinski definition) is 2. The minimum atomic E-state index is 0. The maximum atomic E-state index is 6.32. The molecule has 0 saturated heterocycles. The monoisotopic (exact) mass is 307 g/mol. The summed E-state index contributed by atoms with van der Waals surface area (Å²) in [5.74, 6) is 0. The lowest BCUT2D eigenvalue weighted by Crippen LogP contribution is -2.32. The number of nitrogens with zero attached hydrogens (tertiary/aromatic N) is 1. The summed E-state index contributed by atoms with van der Waals surface area (Å²) in [6.45, 7) is 6.64. The van der Waals surface area contributed by atoms with E-state index in [0.29, 0.717) is 0 Å². The van der Waals surface area contributed by atoms with Crippen LogP contribution in [0.3, 0.4) is 0 Å². The predicted molar refractivity (Wildman–Crippen MR) is 88.5 cm³/mol. The molecule has 2 aromatic rings. The summed E-state index contributed by atoms with van der Waals surface area (Å²) in [6, 6.07) is 6.12. The fourth-order valence-corrected chi connectivity index (χ4v) is 3.20. The first-order valence-electron chi connectivity index (χ1n) is 6.29. The van der Waals surface area contributed by atoms with Gasteiger partial charge in [0.15, 0.2) is 0 Å². The molecule has 0 radical (unpaired) electrons. The van der Waals surface area contributed by atoms with Crippen LogP contribution in [0, 0.1) is 0 Å². The number of rotatable bonds is 0. The maximum Gasteiger partial charge on any atom is 0.102 e. The molecule has 0 aromatic carbocycles. The first kappa shape index (κ1) is 14.9. The Hall–Kier alpha value is -1.52. The van der Waals surface area contributed by atoms with Gasteiger partial charge in [-0.1, -0.05) is 20.8 Å². The van der Waals surface area contributed by atoms with Crippen LogP contribution in [-0.4, -0.2) is 4.98 Å². The van der Waals surface area contributed by atoms with E-state index in [1.807, 2.05) is 18.3 Å². The predicted octanol–water partition coefficient (Wildman–Crippen LogP) is 2.14. The largest absolute Gasteiger partial charge is 0.396 e. The molecule has 0 saturated carbocycles. The molecule has 0 amide bonds. The van der Waals surface area contributed by atoms with Crippen molar-refractivity contribution in [3.63, 3.8) is 0 Å². The average molecular weight is 308 g/mol. The number of nitrogens with one attached hydrogen (secondary N) is 1. The normalized spacial score (nSPS) is 13.2. The van der Waals surface area contributed by atoms with Crippen molar-refractivity contribution in [2.45, 2.75) is 26.2 Å². The molecule has 3 N–H and O–H groups in total. The van der Waals surface area contributed by atoms with Crippen molar-refractivity contribution in [1.29, 1.82) is 0 Å². The lowest BCUT2D eigenvalue weighted by molar-refractivity contribution is 0.604. The number of hydrogen-bond acceptors (Lipinski definition) is 4. The number of pyridine rings is 1. The molecular formula is C15H18ClN3S. The summed E-state index contributed by atoms with van der Waals surface area (Å²) >= 11 is 1.76. The Labute approximate surface area is 128 Å². The van der Waals surface area contributed by atoms with Crippen molar-refractivity contribution >= 4 is 40.6 Å². The first-order chi connectivity index (χ1) is 8.97. The summed E-state index contributed by atoms with van der Waals surface area (Å²) in [7, 11) is 0.